The van der Waals surface area contributed by atoms with Crippen LogP contribution in [0.4, 0.5) is 0 Å². The Bertz CT molecular complexity index is 891. The smallest absolute Gasteiger partial charge is 0.0874 e. The first-order valence-corrected chi connectivity index (χ1v) is 11.1. The van der Waals surface area contributed by atoms with E-state index in [0.29, 0.717) is 5.92 Å². The van der Waals surface area contributed by atoms with Gasteiger partial charge < -0.3 is 9.55 Å². The lowest BCUT2D eigenvalue weighted by atomic mass is 9.87. The Morgan fingerprint density at radius 2 is 2.11 bits per heavy atom. The van der Waals surface area contributed by atoms with Crippen molar-refractivity contribution in [3.8, 4) is 0 Å². The summed E-state index contributed by atoms with van der Waals surface area (Å²) in [6.45, 7) is 2.30. The summed E-state index contributed by atoms with van der Waals surface area (Å²) in [7, 11) is 2.07. The summed E-state index contributed by atoms with van der Waals surface area (Å²) >= 11 is 0. The molecule has 1 aliphatic carbocycles. The van der Waals surface area contributed by atoms with Gasteiger partial charge in [-0.3, -0.25) is 0 Å². The molecule has 3 heterocycles. The molecule has 1 unspecified atom stereocenters. The van der Waals surface area contributed by atoms with Crippen LogP contribution in [-0.2, 0) is 13.5 Å². The molecule has 1 aliphatic heterocycles. The van der Waals surface area contributed by atoms with Crippen LogP contribution in [0.3, 0.4) is 0 Å². The number of aromatic nitrogens is 2. The van der Waals surface area contributed by atoms with E-state index in [0.717, 1.165) is 11.4 Å². The number of H-pyrrole nitrogens is 1. The summed E-state index contributed by atoms with van der Waals surface area (Å²) in [5.41, 5.74) is 7.48. The monoisotopic (exact) mass is 375 g/mol. The molecule has 2 bridgehead atoms. The van der Waals surface area contributed by atoms with Crippen LogP contribution < -0.4 is 0 Å². The Kier molecular flexibility index (Phi) is 5.99. The van der Waals surface area contributed by atoms with Gasteiger partial charge in [0.1, 0.15) is 0 Å². The van der Waals surface area contributed by atoms with Crippen molar-refractivity contribution in [2.75, 3.05) is 0 Å². The molecular weight excluding hydrogens is 342 g/mol. The number of unbranched alkanes of at least 4 members (excludes halogenated alkanes) is 1. The highest BCUT2D eigenvalue weighted by atomic mass is 14.9. The molecule has 0 radical (unpaired) electrons. The number of aromatic amines is 1. The van der Waals surface area contributed by atoms with Crippen LogP contribution in [0.5, 0.6) is 0 Å². The van der Waals surface area contributed by atoms with E-state index in [-0.39, 0.29) is 0 Å². The minimum Gasteiger partial charge on any atom is -0.359 e. The summed E-state index contributed by atoms with van der Waals surface area (Å²) in [6, 6.07) is 6.65. The maximum Gasteiger partial charge on any atom is 0.0874 e. The second-order valence-electron chi connectivity index (χ2n) is 8.36. The molecule has 2 aromatic rings. The van der Waals surface area contributed by atoms with Crippen molar-refractivity contribution in [2.24, 2.45) is 12.0 Å². The number of aliphatic imine (C=N–C) groups is 1. The fourth-order valence-corrected chi connectivity index (χ4v) is 4.58. The molecule has 1 N–H and O–H groups in total. The third kappa shape index (κ3) is 4.24. The van der Waals surface area contributed by atoms with Crippen LogP contribution in [0.25, 0.3) is 6.08 Å². The fourth-order valence-electron chi connectivity index (χ4n) is 4.58. The normalized spacial score (nSPS) is 21.3. The van der Waals surface area contributed by atoms with Gasteiger partial charge in [0.2, 0.25) is 0 Å². The summed E-state index contributed by atoms with van der Waals surface area (Å²) in [5, 5.41) is 0. The highest BCUT2D eigenvalue weighted by molar-refractivity contribution is 6.10. The molecule has 4 rings (SSSR count). The van der Waals surface area contributed by atoms with Gasteiger partial charge in [-0.05, 0) is 73.6 Å². The van der Waals surface area contributed by atoms with Gasteiger partial charge >= 0.3 is 0 Å². The van der Waals surface area contributed by atoms with E-state index >= 15 is 0 Å². The topological polar surface area (TPSA) is 33.1 Å². The Morgan fingerprint density at radius 3 is 2.93 bits per heavy atom. The van der Waals surface area contributed by atoms with Crippen LogP contribution in [0, 0.1) is 0 Å². The lowest BCUT2D eigenvalue weighted by Crippen LogP contribution is -2.01. The zero-order valence-corrected chi connectivity index (χ0v) is 17.4. The molecular formula is C25H33N3. The molecule has 0 saturated carbocycles. The van der Waals surface area contributed by atoms with Crippen LogP contribution >= 0.6 is 0 Å². The number of allylic oxidation sites excluding steroid dienone is 2. The number of fused-ring (bicyclic) bond motifs is 2. The Balaban J connectivity index is 1.65. The number of nitrogens with zero attached hydrogens (tertiary/aromatic N) is 2. The molecule has 0 aromatic carbocycles. The maximum atomic E-state index is 4.89. The first-order valence-electron chi connectivity index (χ1n) is 11.1. The van der Waals surface area contributed by atoms with Crippen molar-refractivity contribution in [2.45, 2.75) is 70.6 Å². The molecule has 1 atom stereocenters. The van der Waals surface area contributed by atoms with Crippen LogP contribution in [0.15, 0.2) is 47.2 Å². The Hall–Kier alpha value is -2.29. The second-order valence-corrected chi connectivity index (χ2v) is 8.36. The van der Waals surface area contributed by atoms with Gasteiger partial charge in [0, 0.05) is 24.6 Å². The molecule has 3 heteroatoms. The highest BCUT2D eigenvalue weighted by Gasteiger charge is 2.19. The number of rotatable bonds is 5. The van der Waals surface area contributed by atoms with Gasteiger partial charge in [0.05, 0.1) is 17.1 Å². The number of aryl methyl sites for hydroxylation is 2. The third-order valence-corrected chi connectivity index (χ3v) is 6.19. The zero-order valence-electron chi connectivity index (χ0n) is 17.4. The van der Waals surface area contributed by atoms with Crippen LogP contribution in [0.1, 0.15) is 86.9 Å². The average Bonchev–Trinajstić information content (AvgIpc) is 3.41. The van der Waals surface area contributed by atoms with Crippen molar-refractivity contribution in [3.63, 3.8) is 0 Å². The maximum absolute atomic E-state index is 4.89. The van der Waals surface area contributed by atoms with Crippen molar-refractivity contribution >= 4 is 11.8 Å². The SMILES string of the molecule is CCCCC1CCCCCCc2cc1c(/C=C1\C=CC(c3cccn3C)=N1)[nH]2. The first kappa shape index (κ1) is 19.0. The molecule has 0 amide bonds. The van der Waals surface area contributed by atoms with E-state index in [1.807, 2.05) is 0 Å². The molecule has 0 fully saturated rings. The quantitative estimate of drug-likeness (QED) is 0.616. The molecule has 0 saturated heterocycles. The van der Waals surface area contributed by atoms with Crippen molar-refractivity contribution in [3.05, 3.63) is 64.9 Å². The van der Waals surface area contributed by atoms with Crippen molar-refractivity contribution in [1.82, 2.24) is 9.55 Å². The van der Waals surface area contributed by atoms with Crippen molar-refractivity contribution < 1.29 is 0 Å². The van der Waals surface area contributed by atoms with E-state index in [2.05, 4.69) is 66.1 Å². The third-order valence-electron chi connectivity index (χ3n) is 6.19. The van der Waals surface area contributed by atoms with Crippen molar-refractivity contribution in [1.29, 1.82) is 0 Å². The lowest BCUT2D eigenvalue weighted by Gasteiger charge is -2.17. The predicted octanol–water partition coefficient (Wildman–Crippen LogP) is 6.53. The van der Waals surface area contributed by atoms with E-state index < -0.39 is 0 Å². The van der Waals surface area contributed by atoms with E-state index in [1.54, 1.807) is 0 Å². The zero-order chi connectivity index (χ0) is 19.3. The first-order chi connectivity index (χ1) is 13.7. The average molecular weight is 376 g/mol. The van der Waals surface area contributed by atoms with E-state index in [4.69, 9.17) is 4.99 Å². The lowest BCUT2D eigenvalue weighted by molar-refractivity contribution is 0.503. The summed E-state index contributed by atoms with van der Waals surface area (Å²) in [6.07, 6.45) is 20.4. The predicted molar refractivity (Wildman–Crippen MR) is 119 cm³/mol. The van der Waals surface area contributed by atoms with Crippen LogP contribution in [0.2, 0.25) is 0 Å². The Morgan fingerprint density at radius 1 is 1.21 bits per heavy atom. The number of hydrogen-bond acceptors (Lipinski definition) is 1. The van der Waals surface area contributed by atoms with Gasteiger partial charge in [-0.15, -0.1) is 0 Å². The van der Waals surface area contributed by atoms with Gasteiger partial charge in [-0.2, -0.15) is 0 Å². The van der Waals surface area contributed by atoms with E-state index in [9.17, 15) is 0 Å². The summed E-state index contributed by atoms with van der Waals surface area (Å²) in [4.78, 5) is 8.63. The minimum atomic E-state index is 0.677. The molecule has 148 valence electrons. The Labute approximate surface area is 169 Å². The fraction of sp³-hybridized carbons (Fsp3) is 0.480. The standard InChI is InChI=1S/C25H33N3/c1-3-4-10-19-11-7-5-6-8-12-20-17-22(19)24(27-20)18-21-14-15-23(26-21)25-13-9-16-28(25)2/h9,13-19,27H,3-8,10-12H2,1-2H3/b21-18+. The second kappa shape index (κ2) is 8.81. The number of hydrogen-bond donors (Lipinski definition) is 1. The molecule has 3 nitrogen and oxygen atoms in total. The van der Waals surface area contributed by atoms with Gasteiger partial charge in [-0.1, -0.05) is 39.0 Å². The molecule has 2 aliphatic rings. The summed E-state index contributed by atoms with van der Waals surface area (Å²) in [5.74, 6) is 0.677. The summed E-state index contributed by atoms with van der Waals surface area (Å²) < 4.78 is 2.13. The highest BCUT2D eigenvalue weighted by Crippen LogP contribution is 2.34. The number of nitrogens with one attached hydrogen (secondary N) is 1. The van der Waals surface area contributed by atoms with E-state index in [1.165, 1.54) is 80.4 Å². The molecule has 28 heavy (non-hydrogen) atoms. The van der Waals surface area contributed by atoms with Gasteiger partial charge in [-0.25, -0.2) is 4.99 Å². The van der Waals surface area contributed by atoms with Crippen LogP contribution in [-0.4, -0.2) is 15.3 Å². The minimum absolute atomic E-state index is 0.677. The molecule has 0 spiro atoms. The van der Waals surface area contributed by atoms with Gasteiger partial charge in [0.15, 0.2) is 0 Å². The van der Waals surface area contributed by atoms with Gasteiger partial charge in [0.25, 0.3) is 0 Å². The largest absolute Gasteiger partial charge is 0.359 e. The molecule has 2 aromatic heterocycles.